The van der Waals surface area contributed by atoms with Crippen molar-refractivity contribution in [3.05, 3.63) is 28.2 Å². The summed E-state index contributed by atoms with van der Waals surface area (Å²) in [6.45, 7) is 0.664. The van der Waals surface area contributed by atoms with E-state index in [1.807, 2.05) is 0 Å². The molecule has 0 amide bonds. The predicted octanol–water partition coefficient (Wildman–Crippen LogP) is 3.30. The third-order valence-electron chi connectivity index (χ3n) is 3.03. The fourth-order valence-electron chi connectivity index (χ4n) is 2.07. The van der Waals surface area contributed by atoms with Crippen molar-refractivity contribution in [1.82, 2.24) is 5.32 Å². The number of nitrogens with one attached hydrogen (secondary N) is 1. The number of ether oxygens (including phenoxy) is 1. The number of alkyl halides is 2. The van der Waals surface area contributed by atoms with Crippen LogP contribution in [0.2, 0.25) is 0 Å². The lowest BCUT2D eigenvalue weighted by Gasteiger charge is -2.24. The predicted molar refractivity (Wildman–Crippen MR) is 65.6 cm³/mol. The molecule has 1 atom stereocenters. The van der Waals surface area contributed by atoms with Gasteiger partial charge in [-0.05, 0) is 53.5 Å². The van der Waals surface area contributed by atoms with Crippen LogP contribution in [0.5, 0.6) is 5.75 Å². The molecule has 0 bridgehead atoms. The van der Waals surface area contributed by atoms with Crippen molar-refractivity contribution in [2.45, 2.75) is 24.8 Å². The summed E-state index contributed by atoms with van der Waals surface area (Å²) in [5.74, 6) is -2.28. The average Bonchev–Trinajstić information content (AvgIpc) is 2.83. The van der Waals surface area contributed by atoms with Crippen molar-refractivity contribution < 1.29 is 13.5 Å². The summed E-state index contributed by atoms with van der Waals surface area (Å²) in [6, 6.07) is 3.65. The smallest absolute Gasteiger partial charge is 0.288 e. The molecule has 0 aromatic heterocycles. The Morgan fingerprint density at radius 2 is 2.24 bits per heavy atom. The zero-order valence-corrected chi connectivity index (χ0v) is 11.1. The van der Waals surface area contributed by atoms with E-state index in [0.29, 0.717) is 23.2 Å². The highest BCUT2D eigenvalue weighted by atomic mass is 79.9. The molecule has 1 aromatic rings. The molecule has 0 spiro atoms. The Morgan fingerprint density at radius 3 is 2.76 bits per heavy atom. The zero-order chi connectivity index (χ0) is 12.5. The number of benzene rings is 1. The van der Waals surface area contributed by atoms with Crippen molar-refractivity contribution in [2.24, 2.45) is 0 Å². The van der Waals surface area contributed by atoms with Crippen LogP contribution in [-0.2, 0) is 5.92 Å². The average molecular weight is 306 g/mol. The molecule has 1 unspecified atom stereocenters. The van der Waals surface area contributed by atoms with E-state index in [0.717, 1.165) is 6.42 Å². The van der Waals surface area contributed by atoms with Crippen molar-refractivity contribution in [3.8, 4) is 5.75 Å². The van der Waals surface area contributed by atoms with Crippen molar-refractivity contribution >= 4 is 15.9 Å². The molecule has 2 rings (SSSR count). The van der Waals surface area contributed by atoms with Crippen molar-refractivity contribution in [3.63, 3.8) is 0 Å². The lowest BCUT2D eigenvalue weighted by atomic mass is 10.00. The van der Waals surface area contributed by atoms with Crippen molar-refractivity contribution in [1.29, 1.82) is 0 Å². The SMILES string of the molecule is COc1ccc(C(F)(F)C2CCCN2)cc1Br. The van der Waals surface area contributed by atoms with Crippen LogP contribution in [0, 0.1) is 0 Å². The lowest BCUT2D eigenvalue weighted by molar-refractivity contribution is -0.0377. The Hall–Kier alpha value is -0.680. The number of halogens is 3. The molecule has 0 radical (unpaired) electrons. The molecule has 1 aliphatic heterocycles. The molecule has 0 aliphatic carbocycles. The first-order valence-corrected chi connectivity index (χ1v) is 6.30. The maximum absolute atomic E-state index is 14.2. The van der Waals surface area contributed by atoms with Gasteiger partial charge in [0.05, 0.1) is 17.6 Å². The number of hydrogen-bond donors (Lipinski definition) is 1. The largest absolute Gasteiger partial charge is 0.496 e. The van der Waals surface area contributed by atoms with Crippen LogP contribution in [0.3, 0.4) is 0 Å². The highest BCUT2D eigenvalue weighted by Crippen LogP contribution is 2.38. The molecule has 1 heterocycles. The molecule has 17 heavy (non-hydrogen) atoms. The van der Waals surface area contributed by atoms with Gasteiger partial charge in [0, 0.05) is 5.56 Å². The van der Waals surface area contributed by atoms with Gasteiger partial charge in [0.25, 0.3) is 5.92 Å². The molecular formula is C12H14BrF2NO. The molecule has 2 nitrogen and oxygen atoms in total. The van der Waals surface area contributed by atoms with E-state index in [1.165, 1.54) is 19.2 Å². The lowest BCUT2D eigenvalue weighted by Crippen LogP contribution is -2.38. The van der Waals surface area contributed by atoms with Crippen LogP contribution in [0.1, 0.15) is 18.4 Å². The van der Waals surface area contributed by atoms with Gasteiger partial charge in [-0.1, -0.05) is 0 Å². The van der Waals surface area contributed by atoms with Crippen LogP contribution in [0.25, 0.3) is 0 Å². The van der Waals surface area contributed by atoms with E-state index >= 15 is 0 Å². The van der Waals surface area contributed by atoms with E-state index in [-0.39, 0.29) is 5.56 Å². The fourth-order valence-corrected chi connectivity index (χ4v) is 2.61. The number of methoxy groups -OCH3 is 1. The summed E-state index contributed by atoms with van der Waals surface area (Å²) >= 11 is 3.23. The molecule has 5 heteroatoms. The maximum Gasteiger partial charge on any atom is 0.288 e. The van der Waals surface area contributed by atoms with Gasteiger partial charge < -0.3 is 10.1 Å². The first kappa shape index (κ1) is 12.8. The van der Waals surface area contributed by atoms with Gasteiger partial charge in [0.1, 0.15) is 5.75 Å². The molecule has 0 saturated carbocycles. The molecule has 94 valence electrons. The summed E-state index contributed by atoms with van der Waals surface area (Å²) in [7, 11) is 1.51. The third-order valence-corrected chi connectivity index (χ3v) is 3.65. The van der Waals surface area contributed by atoms with E-state index in [2.05, 4.69) is 21.2 Å². The molecule has 1 saturated heterocycles. The minimum atomic E-state index is -2.84. The highest BCUT2D eigenvalue weighted by Gasteiger charge is 2.42. The molecule has 1 aliphatic rings. The highest BCUT2D eigenvalue weighted by molar-refractivity contribution is 9.10. The van der Waals surface area contributed by atoms with Gasteiger partial charge in [0.15, 0.2) is 0 Å². The van der Waals surface area contributed by atoms with Crippen LogP contribution in [0.4, 0.5) is 8.78 Å². The maximum atomic E-state index is 14.2. The summed E-state index contributed by atoms with van der Waals surface area (Å²) in [6.07, 6.45) is 1.31. The molecule has 1 N–H and O–H groups in total. The second-order valence-corrected chi connectivity index (χ2v) is 4.98. The molecule has 1 aromatic carbocycles. The van der Waals surface area contributed by atoms with Crippen LogP contribution in [0.15, 0.2) is 22.7 Å². The quantitative estimate of drug-likeness (QED) is 0.925. The standard InChI is InChI=1S/C12H14BrF2NO/c1-17-10-5-4-8(7-9(10)13)12(14,15)11-3-2-6-16-11/h4-5,7,11,16H,2-3,6H2,1H3. The van der Waals surface area contributed by atoms with Crippen LogP contribution < -0.4 is 10.1 Å². The summed E-state index contributed by atoms with van der Waals surface area (Å²) in [5, 5.41) is 2.85. The summed E-state index contributed by atoms with van der Waals surface area (Å²) < 4.78 is 33.9. The topological polar surface area (TPSA) is 21.3 Å². The van der Waals surface area contributed by atoms with Gasteiger partial charge in [-0.25, -0.2) is 0 Å². The second kappa shape index (κ2) is 4.90. The Balaban J connectivity index is 2.29. The van der Waals surface area contributed by atoms with Gasteiger partial charge in [-0.2, -0.15) is 8.78 Å². The number of hydrogen-bond acceptors (Lipinski definition) is 2. The van der Waals surface area contributed by atoms with E-state index in [4.69, 9.17) is 4.74 Å². The molecular weight excluding hydrogens is 292 g/mol. The van der Waals surface area contributed by atoms with Crippen LogP contribution in [-0.4, -0.2) is 19.7 Å². The Labute approximate surface area is 107 Å². The monoisotopic (exact) mass is 305 g/mol. The minimum Gasteiger partial charge on any atom is -0.496 e. The zero-order valence-electron chi connectivity index (χ0n) is 9.47. The normalized spacial score (nSPS) is 20.6. The van der Waals surface area contributed by atoms with Gasteiger partial charge >= 0.3 is 0 Å². The van der Waals surface area contributed by atoms with Gasteiger partial charge in [0.2, 0.25) is 0 Å². The number of rotatable bonds is 3. The summed E-state index contributed by atoms with van der Waals surface area (Å²) in [4.78, 5) is 0. The fraction of sp³-hybridized carbons (Fsp3) is 0.500. The van der Waals surface area contributed by atoms with Crippen LogP contribution >= 0.6 is 15.9 Å². The summed E-state index contributed by atoms with van der Waals surface area (Å²) in [5.41, 5.74) is 0.0181. The van der Waals surface area contributed by atoms with E-state index in [9.17, 15) is 8.78 Å². The third kappa shape index (κ3) is 2.45. The van der Waals surface area contributed by atoms with Gasteiger partial charge in [-0.3, -0.25) is 0 Å². The van der Waals surface area contributed by atoms with E-state index in [1.54, 1.807) is 6.07 Å². The Kier molecular flexibility index (Phi) is 3.68. The second-order valence-electron chi connectivity index (χ2n) is 4.12. The van der Waals surface area contributed by atoms with E-state index < -0.39 is 12.0 Å². The van der Waals surface area contributed by atoms with Gasteiger partial charge in [-0.15, -0.1) is 0 Å². The first-order valence-electron chi connectivity index (χ1n) is 5.51. The molecule has 1 fully saturated rings. The van der Waals surface area contributed by atoms with Crippen molar-refractivity contribution in [2.75, 3.05) is 13.7 Å². The Morgan fingerprint density at radius 1 is 1.47 bits per heavy atom. The Bertz CT molecular complexity index is 405. The first-order chi connectivity index (χ1) is 8.05. The minimum absolute atomic E-state index is 0.0181.